The Hall–Kier alpha value is -3.28. The summed E-state index contributed by atoms with van der Waals surface area (Å²) in [6.07, 6.45) is 1.98. The van der Waals surface area contributed by atoms with Crippen molar-refractivity contribution in [2.75, 3.05) is 5.73 Å². The van der Waals surface area contributed by atoms with Crippen molar-refractivity contribution < 1.29 is 4.52 Å². The standard InChI is InChI=1S/C23H26N4O2.C2H6/c1-5-7-15(3)27-18-11-10-16(13-19(18)26(4)23(27)28)20-21(25-29-22(20)24)17-9-6-8-14(2)12-17;1-2/h6,8-13,15H,5,7,24H2,1-4H3;1-2H3. The van der Waals surface area contributed by atoms with E-state index in [0.29, 0.717) is 5.69 Å². The largest absolute Gasteiger partial charge is 0.367 e. The summed E-state index contributed by atoms with van der Waals surface area (Å²) in [7, 11) is 1.81. The van der Waals surface area contributed by atoms with Gasteiger partial charge in [0.2, 0.25) is 5.88 Å². The number of rotatable bonds is 5. The molecule has 0 spiro atoms. The molecule has 0 amide bonds. The number of hydrogen-bond acceptors (Lipinski definition) is 4. The molecule has 0 aliphatic carbocycles. The molecule has 2 aromatic heterocycles. The molecule has 2 N–H and O–H groups in total. The van der Waals surface area contributed by atoms with Gasteiger partial charge in [-0.15, -0.1) is 0 Å². The molecule has 0 radical (unpaired) electrons. The highest BCUT2D eigenvalue weighted by Gasteiger charge is 2.21. The van der Waals surface area contributed by atoms with Crippen molar-refractivity contribution in [2.24, 2.45) is 7.05 Å². The molecule has 0 saturated heterocycles. The van der Waals surface area contributed by atoms with Gasteiger partial charge >= 0.3 is 5.69 Å². The summed E-state index contributed by atoms with van der Waals surface area (Å²) in [6.45, 7) is 10.3. The summed E-state index contributed by atoms with van der Waals surface area (Å²) in [6, 6.07) is 14.2. The number of nitrogens with two attached hydrogens (primary N) is 1. The van der Waals surface area contributed by atoms with Gasteiger partial charge in [0.15, 0.2) is 0 Å². The Morgan fingerprint density at radius 1 is 1.10 bits per heavy atom. The first-order chi connectivity index (χ1) is 14.9. The molecule has 1 atom stereocenters. The summed E-state index contributed by atoms with van der Waals surface area (Å²) in [5.74, 6) is 0.268. The zero-order valence-electron chi connectivity index (χ0n) is 19.3. The highest BCUT2D eigenvalue weighted by atomic mass is 16.5. The van der Waals surface area contributed by atoms with Gasteiger partial charge < -0.3 is 10.3 Å². The maximum absolute atomic E-state index is 12.9. The van der Waals surface area contributed by atoms with Crippen LogP contribution in [0.15, 0.2) is 51.8 Å². The van der Waals surface area contributed by atoms with Crippen LogP contribution in [-0.2, 0) is 7.05 Å². The molecule has 6 heteroatoms. The minimum Gasteiger partial charge on any atom is -0.367 e. The maximum atomic E-state index is 12.9. The van der Waals surface area contributed by atoms with E-state index in [1.54, 1.807) is 4.57 Å². The van der Waals surface area contributed by atoms with Crippen LogP contribution in [-0.4, -0.2) is 14.3 Å². The van der Waals surface area contributed by atoms with Gasteiger partial charge in [-0.05, 0) is 44.0 Å². The van der Waals surface area contributed by atoms with E-state index in [2.05, 4.69) is 25.1 Å². The molecule has 0 saturated carbocycles. The first-order valence-electron chi connectivity index (χ1n) is 11.0. The van der Waals surface area contributed by atoms with Crippen molar-refractivity contribution in [2.45, 2.75) is 53.5 Å². The van der Waals surface area contributed by atoms with Crippen LogP contribution < -0.4 is 11.4 Å². The molecule has 4 aromatic rings. The fourth-order valence-electron chi connectivity index (χ4n) is 4.06. The van der Waals surface area contributed by atoms with Crippen LogP contribution in [0.2, 0.25) is 0 Å². The highest BCUT2D eigenvalue weighted by molar-refractivity contribution is 5.91. The minimum absolute atomic E-state index is 0.00435. The van der Waals surface area contributed by atoms with Gasteiger partial charge in [-0.1, -0.05) is 62.2 Å². The van der Waals surface area contributed by atoms with E-state index in [1.807, 2.05) is 68.8 Å². The highest BCUT2D eigenvalue weighted by Crippen LogP contribution is 2.37. The zero-order valence-corrected chi connectivity index (χ0v) is 19.3. The van der Waals surface area contributed by atoms with Gasteiger partial charge in [-0.3, -0.25) is 9.13 Å². The number of anilines is 1. The summed E-state index contributed by atoms with van der Waals surface area (Å²) in [5.41, 5.74) is 12.4. The molecule has 0 aliphatic rings. The molecule has 6 nitrogen and oxygen atoms in total. The third kappa shape index (κ3) is 4.02. The van der Waals surface area contributed by atoms with Crippen LogP contribution in [0.5, 0.6) is 0 Å². The monoisotopic (exact) mass is 420 g/mol. The molecular weight excluding hydrogens is 388 g/mol. The lowest BCUT2D eigenvalue weighted by molar-refractivity contribution is 0.439. The average molecular weight is 421 g/mol. The quantitative estimate of drug-likeness (QED) is 0.433. The lowest BCUT2D eigenvalue weighted by Gasteiger charge is -2.12. The predicted molar refractivity (Wildman–Crippen MR) is 128 cm³/mol. The van der Waals surface area contributed by atoms with Crippen molar-refractivity contribution in [1.82, 2.24) is 14.3 Å². The molecule has 164 valence electrons. The van der Waals surface area contributed by atoms with Crippen LogP contribution >= 0.6 is 0 Å². The molecular formula is C25H32N4O2. The number of aryl methyl sites for hydroxylation is 2. The van der Waals surface area contributed by atoms with Crippen molar-refractivity contribution in [3.63, 3.8) is 0 Å². The van der Waals surface area contributed by atoms with Gasteiger partial charge in [0.1, 0.15) is 5.69 Å². The Labute approximate surface area is 183 Å². The van der Waals surface area contributed by atoms with E-state index in [-0.39, 0.29) is 17.6 Å². The summed E-state index contributed by atoms with van der Waals surface area (Å²) >= 11 is 0. The smallest absolute Gasteiger partial charge is 0.329 e. The first-order valence-corrected chi connectivity index (χ1v) is 11.0. The first kappa shape index (κ1) is 22.4. The van der Waals surface area contributed by atoms with E-state index < -0.39 is 0 Å². The van der Waals surface area contributed by atoms with Gasteiger partial charge in [0, 0.05) is 18.7 Å². The Bertz CT molecular complexity index is 1250. The molecule has 0 fully saturated rings. The number of imidazole rings is 1. The van der Waals surface area contributed by atoms with Crippen LogP contribution in [0.4, 0.5) is 5.88 Å². The second-order valence-corrected chi connectivity index (χ2v) is 7.69. The van der Waals surface area contributed by atoms with E-state index in [4.69, 9.17) is 10.3 Å². The summed E-state index contributed by atoms with van der Waals surface area (Å²) < 4.78 is 8.91. The number of nitrogens with zero attached hydrogens (tertiary/aromatic N) is 3. The van der Waals surface area contributed by atoms with Gasteiger partial charge in [0.05, 0.1) is 16.6 Å². The average Bonchev–Trinajstić information content (AvgIpc) is 3.27. The number of nitrogen functional groups attached to an aromatic ring is 1. The molecule has 0 aliphatic heterocycles. The second-order valence-electron chi connectivity index (χ2n) is 7.69. The van der Waals surface area contributed by atoms with Crippen LogP contribution in [0.1, 0.15) is 52.1 Å². The molecule has 1 unspecified atom stereocenters. The van der Waals surface area contributed by atoms with Crippen molar-refractivity contribution in [1.29, 1.82) is 0 Å². The van der Waals surface area contributed by atoms with Crippen LogP contribution in [0.3, 0.4) is 0 Å². The Balaban J connectivity index is 0.00000132. The van der Waals surface area contributed by atoms with E-state index in [9.17, 15) is 4.79 Å². The van der Waals surface area contributed by atoms with E-state index in [0.717, 1.165) is 46.1 Å². The van der Waals surface area contributed by atoms with Crippen molar-refractivity contribution >= 4 is 16.9 Å². The lowest BCUT2D eigenvalue weighted by Crippen LogP contribution is -2.24. The molecule has 4 rings (SSSR count). The zero-order chi connectivity index (χ0) is 22.7. The van der Waals surface area contributed by atoms with Crippen LogP contribution in [0, 0.1) is 6.92 Å². The molecule has 2 heterocycles. The van der Waals surface area contributed by atoms with Crippen molar-refractivity contribution in [3.8, 4) is 22.4 Å². The third-order valence-electron chi connectivity index (χ3n) is 5.54. The molecule has 0 bridgehead atoms. The Kier molecular flexibility index (Phi) is 6.68. The van der Waals surface area contributed by atoms with Gasteiger partial charge in [0.25, 0.3) is 0 Å². The van der Waals surface area contributed by atoms with Crippen molar-refractivity contribution in [3.05, 3.63) is 58.5 Å². The van der Waals surface area contributed by atoms with E-state index in [1.165, 1.54) is 0 Å². The number of fused-ring (bicyclic) bond motifs is 1. The normalized spacial score (nSPS) is 11.9. The SMILES string of the molecule is CC.CCCC(C)n1c(=O)n(C)c2cc(-c3c(-c4cccc(C)c4)noc3N)ccc21. The minimum atomic E-state index is -0.00435. The fourth-order valence-corrected chi connectivity index (χ4v) is 4.06. The fraction of sp³-hybridized carbons (Fsp3) is 0.360. The maximum Gasteiger partial charge on any atom is 0.329 e. The van der Waals surface area contributed by atoms with Crippen LogP contribution in [0.25, 0.3) is 33.4 Å². The topological polar surface area (TPSA) is 79.0 Å². The summed E-state index contributed by atoms with van der Waals surface area (Å²) in [5, 5.41) is 4.21. The molecule has 2 aromatic carbocycles. The number of benzene rings is 2. The number of aromatic nitrogens is 3. The summed E-state index contributed by atoms with van der Waals surface area (Å²) in [4.78, 5) is 12.9. The Morgan fingerprint density at radius 2 is 1.84 bits per heavy atom. The van der Waals surface area contributed by atoms with Gasteiger partial charge in [-0.2, -0.15) is 0 Å². The Morgan fingerprint density at radius 3 is 2.52 bits per heavy atom. The third-order valence-corrected chi connectivity index (χ3v) is 5.54. The molecule has 31 heavy (non-hydrogen) atoms. The second kappa shape index (κ2) is 9.25. The van der Waals surface area contributed by atoms with E-state index >= 15 is 0 Å². The predicted octanol–water partition coefficient (Wildman–Crippen LogP) is 5.94. The van der Waals surface area contributed by atoms with Gasteiger partial charge in [-0.25, -0.2) is 4.79 Å². The number of hydrogen-bond donors (Lipinski definition) is 1. The lowest BCUT2D eigenvalue weighted by atomic mass is 9.99.